The highest BCUT2D eigenvalue weighted by Gasteiger charge is 2.26. The number of carbonyl (C=O) groups is 1. The van der Waals surface area contributed by atoms with Crippen LogP contribution in [-0.4, -0.2) is 38.8 Å². The van der Waals surface area contributed by atoms with Crippen molar-refractivity contribution in [1.82, 2.24) is 9.62 Å². The first-order valence-electron chi connectivity index (χ1n) is 10.5. The summed E-state index contributed by atoms with van der Waals surface area (Å²) in [6.45, 7) is 3.07. The minimum Gasteiger partial charge on any atom is -0.497 e. The van der Waals surface area contributed by atoms with Crippen molar-refractivity contribution in [2.75, 3.05) is 20.2 Å². The summed E-state index contributed by atoms with van der Waals surface area (Å²) >= 11 is 0. The summed E-state index contributed by atoms with van der Waals surface area (Å²) in [6.07, 6.45) is 4.57. The van der Waals surface area contributed by atoms with Gasteiger partial charge in [0, 0.05) is 18.7 Å². The zero-order valence-electron chi connectivity index (χ0n) is 17.6. The highest BCUT2D eigenvalue weighted by molar-refractivity contribution is 7.89. The number of amides is 1. The largest absolute Gasteiger partial charge is 0.497 e. The molecule has 0 bridgehead atoms. The number of rotatable bonds is 7. The molecule has 0 radical (unpaired) electrons. The fourth-order valence-electron chi connectivity index (χ4n) is 3.73. The Labute approximate surface area is 179 Å². The minimum atomic E-state index is -3.60. The predicted molar refractivity (Wildman–Crippen MR) is 117 cm³/mol. The third-order valence-corrected chi connectivity index (χ3v) is 7.43. The number of methoxy groups -OCH3 is 1. The van der Waals surface area contributed by atoms with Crippen molar-refractivity contribution in [2.24, 2.45) is 0 Å². The van der Waals surface area contributed by atoms with Crippen molar-refractivity contribution in [3.8, 4) is 5.75 Å². The Kier molecular flexibility index (Phi) is 7.50. The van der Waals surface area contributed by atoms with Crippen molar-refractivity contribution in [3.05, 3.63) is 59.7 Å². The number of hydrogen-bond acceptors (Lipinski definition) is 4. The molecule has 1 N–H and O–H groups in total. The fourth-order valence-corrected chi connectivity index (χ4v) is 5.29. The van der Waals surface area contributed by atoms with Gasteiger partial charge in [-0.25, -0.2) is 8.42 Å². The minimum absolute atomic E-state index is 0.172. The summed E-state index contributed by atoms with van der Waals surface area (Å²) in [4.78, 5) is 13.1. The molecule has 162 valence electrons. The summed E-state index contributed by atoms with van der Waals surface area (Å²) in [7, 11) is -1.98. The van der Waals surface area contributed by atoms with Gasteiger partial charge >= 0.3 is 0 Å². The molecule has 1 heterocycles. The molecule has 2 aromatic carbocycles. The number of benzene rings is 2. The van der Waals surface area contributed by atoms with Crippen LogP contribution in [0.3, 0.4) is 0 Å². The lowest BCUT2D eigenvalue weighted by Crippen LogP contribution is -2.32. The van der Waals surface area contributed by atoms with Crippen LogP contribution in [0.25, 0.3) is 0 Å². The van der Waals surface area contributed by atoms with Gasteiger partial charge in [0.25, 0.3) is 5.91 Å². The van der Waals surface area contributed by atoms with Gasteiger partial charge in [-0.15, -0.1) is 0 Å². The number of nitrogens with one attached hydrogen (secondary N) is 1. The van der Waals surface area contributed by atoms with E-state index in [9.17, 15) is 13.2 Å². The highest BCUT2D eigenvalue weighted by Crippen LogP contribution is 2.23. The molecule has 0 aromatic heterocycles. The lowest BCUT2D eigenvalue weighted by atomic mass is 10.0. The van der Waals surface area contributed by atoms with E-state index in [1.54, 1.807) is 29.6 Å². The Balaban J connectivity index is 1.77. The summed E-state index contributed by atoms with van der Waals surface area (Å²) < 4.78 is 32.8. The molecular weight excluding hydrogens is 400 g/mol. The topological polar surface area (TPSA) is 75.7 Å². The Morgan fingerprint density at radius 2 is 1.73 bits per heavy atom. The Bertz CT molecular complexity index is 949. The van der Waals surface area contributed by atoms with Gasteiger partial charge in [0.05, 0.1) is 18.0 Å². The first-order valence-corrected chi connectivity index (χ1v) is 11.9. The molecule has 1 amide bonds. The second-order valence-corrected chi connectivity index (χ2v) is 9.49. The molecule has 1 fully saturated rings. The summed E-state index contributed by atoms with van der Waals surface area (Å²) in [5.74, 6) is 0.469. The lowest BCUT2D eigenvalue weighted by Gasteiger charge is -2.21. The normalized spacial score (nSPS) is 16.5. The van der Waals surface area contributed by atoms with E-state index in [0.717, 1.165) is 37.0 Å². The summed E-state index contributed by atoms with van der Waals surface area (Å²) in [5, 5.41) is 3.02. The fraction of sp³-hybridized carbons (Fsp3) is 0.435. The molecule has 0 aliphatic carbocycles. The van der Waals surface area contributed by atoms with Crippen molar-refractivity contribution >= 4 is 15.9 Å². The van der Waals surface area contributed by atoms with E-state index in [0.29, 0.717) is 25.1 Å². The molecule has 0 saturated carbocycles. The van der Waals surface area contributed by atoms with E-state index in [1.807, 2.05) is 31.2 Å². The van der Waals surface area contributed by atoms with Crippen molar-refractivity contribution in [1.29, 1.82) is 0 Å². The van der Waals surface area contributed by atoms with Gasteiger partial charge in [-0.1, -0.05) is 38.0 Å². The van der Waals surface area contributed by atoms with E-state index in [1.165, 1.54) is 6.07 Å². The highest BCUT2D eigenvalue weighted by atomic mass is 32.2. The van der Waals surface area contributed by atoms with Crippen LogP contribution in [0.4, 0.5) is 0 Å². The molecule has 1 aliphatic rings. The first-order chi connectivity index (χ1) is 14.5. The van der Waals surface area contributed by atoms with Gasteiger partial charge in [-0.05, 0) is 55.2 Å². The SMILES string of the molecule is CC[C@@H](NC(=O)c1cccc(S(=O)(=O)N2CCCCCC2)c1)c1ccc(OC)cc1. The van der Waals surface area contributed by atoms with Crippen LogP contribution < -0.4 is 10.1 Å². The van der Waals surface area contributed by atoms with Gasteiger partial charge in [-0.2, -0.15) is 4.31 Å². The molecule has 1 aliphatic heterocycles. The maximum atomic E-state index is 13.1. The molecule has 6 nitrogen and oxygen atoms in total. The monoisotopic (exact) mass is 430 g/mol. The molecule has 30 heavy (non-hydrogen) atoms. The van der Waals surface area contributed by atoms with Gasteiger partial charge in [0.15, 0.2) is 0 Å². The Morgan fingerprint density at radius 3 is 2.33 bits per heavy atom. The third kappa shape index (κ3) is 5.21. The number of hydrogen-bond donors (Lipinski definition) is 1. The zero-order chi connectivity index (χ0) is 21.6. The molecule has 2 aromatic rings. The molecule has 3 rings (SSSR count). The third-order valence-electron chi connectivity index (χ3n) is 5.53. The van der Waals surface area contributed by atoms with E-state index in [-0.39, 0.29) is 16.8 Å². The summed E-state index contributed by atoms with van der Waals surface area (Å²) in [5.41, 5.74) is 1.32. The molecule has 0 spiro atoms. The number of nitrogens with zero attached hydrogens (tertiary/aromatic N) is 1. The van der Waals surface area contributed by atoms with E-state index in [2.05, 4.69) is 5.32 Å². The average Bonchev–Trinajstić information content (AvgIpc) is 3.08. The average molecular weight is 431 g/mol. The molecule has 1 saturated heterocycles. The molecule has 0 unspecified atom stereocenters. The smallest absolute Gasteiger partial charge is 0.251 e. The van der Waals surface area contributed by atoms with Crippen LogP contribution in [0.15, 0.2) is 53.4 Å². The van der Waals surface area contributed by atoms with Gasteiger partial charge in [0.2, 0.25) is 10.0 Å². The van der Waals surface area contributed by atoms with Crippen molar-refractivity contribution in [3.63, 3.8) is 0 Å². The standard InChI is InChI=1S/C23H30N2O4S/c1-3-22(18-11-13-20(29-2)14-12-18)24-23(26)19-9-8-10-21(17-19)30(27,28)25-15-6-4-5-7-16-25/h8-14,17,22H,3-7,15-16H2,1-2H3,(H,24,26)/t22-/m1/s1. The van der Waals surface area contributed by atoms with Crippen molar-refractivity contribution < 1.29 is 17.9 Å². The van der Waals surface area contributed by atoms with Gasteiger partial charge in [-0.3, -0.25) is 4.79 Å². The number of sulfonamides is 1. The second kappa shape index (κ2) is 10.1. The van der Waals surface area contributed by atoms with Crippen LogP contribution >= 0.6 is 0 Å². The molecular formula is C23H30N2O4S. The quantitative estimate of drug-likeness (QED) is 0.716. The number of ether oxygens (including phenoxy) is 1. The van der Waals surface area contributed by atoms with Gasteiger partial charge in [0.1, 0.15) is 5.75 Å². The Hall–Kier alpha value is -2.38. The van der Waals surface area contributed by atoms with Crippen LogP contribution in [0.1, 0.15) is 61.0 Å². The van der Waals surface area contributed by atoms with Crippen molar-refractivity contribution in [2.45, 2.75) is 50.0 Å². The predicted octanol–water partition coefficient (Wildman–Crippen LogP) is 4.14. The lowest BCUT2D eigenvalue weighted by molar-refractivity contribution is 0.0935. The van der Waals surface area contributed by atoms with E-state index in [4.69, 9.17) is 4.74 Å². The van der Waals surface area contributed by atoms with E-state index >= 15 is 0 Å². The maximum Gasteiger partial charge on any atom is 0.251 e. The number of carbonyl (C=O) groups excluding carboxylic acids is 1. The van der Waals surface area contributed by atoms with Crippen LogP contribution in [0.5, 0.6) is 5.75 Å². The van der Waals surface area contributed by atoms with Gasteiger partial charge < -0.3 is 10.1 Å². The van der Waals surface area contributed by atoms with Crippen LogP contribution in [0.2, 0.25) is 0 Å². The second-order valence-electron chi connectivity index (χ2n) is 7.55. The molecule has 7 heteroatoms. The zero-order valence-corrected chi connectivity index (χ0v) is 18.5. The van der Waals surface area contributed by atoms with E-state index < -0.39 is 10.0 Å². The van der Waals surface area contributed by atoms with Crippen LogP contribution in [0, 0.1) is 0 Å². The first kappa shape index (κ1) is 22.3. The molecule has 1 atom stereocenters. The maximum absolute atomic E-state index is 13.1. The Morgan fingerprint density at radius 1 is 1.07 bits per heavy atom. The van der Waals surface area contributed by atoms with Crippen LogP contribution in [-0.2, 0) is 10.0 Å². The summed E-state index contributed by atoms with van der Waals surface area (Å²) in [6, 6.07) is 13.7.